The average Bonchev–Trinajstić information content (AvgIpc) is 2.34. The van der Waals surface area contributed by atoms with E-state index in [1.165, 1.54) is 23.3 Å². The average molecular weight is 274 g/mol. The zero-order valence-electron chi connectivity index (χ0n) is 10.8. The third-order valence-corrected chi connectivity index (χ3v) is 3.05. The van der Waals surface area contributed by atoms with E-state index in [-0.39, 0.29) is 5.82 Å². The topological polar surface area (TPSA) is 24.1 Å². The Kier molecular flexibility index (Phi) is 4.12. The van der Waals surface area contributed by atoms with Crippen LogP contribution >= 0.6 is 12.2 Å². The Morgan fingerprint density at radius 1 is 0.947 bits per heavy atom. The minimum absolute atomic E-state index is 0.293. The third-order valence-electron chi connectivity index (χ3n) is 2.85. The highest BCUT2D eigenvalue weighted by atomic mass is 32.1. The van der Waals surface area contributed by atoms with Gasteiger partial charge in [-0.2, -0.15) is 0 Å². The second-order valence-electron chi connectivity index (χ2n) is 4.39. The standard InChI is InChI=1S/C15H15FN2S/c1-10-6-7-14(8-11(10)2)18-15(19)17-13-5-3-4-12(16)9-13/h3-9H,1-2H3,(H2,17,18,19). The van der Waals surface area contributed by atoms with Crippen molar-refractivity contribution in [2.45, 2.75) is 13.8 Å². The van der Waals surface area contributed by atoms with Crippen molar-refractivity contribution in [2.24, 2.45) is 0 Å². The lowest BCUT2D eigenvalue weighted by atomic mass is 10.1. The molecule has 0 saturated heterocycles. The number of nitrogens with one attached hydrogen (secondary N) is 2. The lowest BCUT2D eigenvalue weighted by molar-refractivity contribution is 0.628. The maximum Gasteiger partial charge on any atom is 0.175 e. The van der Waals surface area contributed by atoms with E-state index in [4.69, 9.17) is 12.2 Å². The summed E-state index contributed by atoms with van der Waals surface area (Å²) in [6, 6.07) is 12.2. The Morgan fingerprint density at radius 3 is 2.26 bits per heavy atom. The van der Waals surface area contributed by atoms with Crippen molar-refractivity contribution in [3.8, 4) is 0 Å². The largest absolute Gasteiger partial charge is 0.332 e. The molecule has 0 unspecified atom stereocenters. The summed E-state index contributed by atoms with van der Waals surface area (Å²) < 4.78 is 13.0. The molecule has 98 valence electrons. The van der Waals surface area contributed by atoms with Gasteiger partial charge in [0.15, 0.2) is 5.11 Å². The molecule has 0 radical (unpaired) electrons. The van der Waals surface area contributed by atoms with E-state index < -0.39 is 0 Å². The summed E-state index contributed by atoms with van der Waals surface area (Å²) in [5.41, 5.74) is 3.96. The minimum atomic E-state index is -0.293. The number of halogens is 1. The fraction of sp³-hybridized carbons (Fsp3) is 0.133. The number of hydrogen-bond acceptors (Lipinski definition) is 1. The lowest BCUT2D eigenvalue weighted by Crippen LogP contribution is -2.19. The molecule has 2 rings (SSSR count). The molecule has 0 amide bonds. The highest BCUT2D eigenvalue weighted by Crippen LogP contribution is 2.15. The van der Waals surface area contributed by atoms with Gasteiger partial charge in [0.25, 0.3) is 0 Å². The molecular formula is C15H15FN2S. The monoisotopic (exact) mass is 274 g/mol. The van der Waals surface area contributed by atoms with Crippen LogP contribution in [0.15, 0.2) is 42.5 Å². The fourth-order valence-corrected chi connectivity index (χ4v) is 1.91. The molecular weight excluding hydrogens is 259 g/mol. The van der Waals surface area contributed by atoms with E-state index in [1.54, 1.807) is 12.1 Å². The molecule has 2 aromatic carbocycles. The van der Waals surface area contributed by atoms with Crippen molar-refractivity contribution in [3.05, 3.63) is 59.4 Å². The quantitative estimate of drug-likeness (QED) is 0.800. The maximum atomic E-state index is 13.0. The number of benzene rings is 2. The van der Waals surface area contributed by atoms with Crippen LogP contribution in [0.5, 0.6) is 0 Å². The van der Waals surface area contributed by atoms with Gasteiger partial charge >= 0.3 is 0 Å². The highest BCUT2D eigenvalue weighted by molar-refractivity contribution is 7.80. The first-order valence-electron chi connectivity index (χ1n) is 5.95. The van der Waals surface area contributed by atoms with Gasteiger partial charge in [-0.1, -0.05) is 12.1 Å². The molecule has 0 heterocycles. The van der Waals surface area contributed by atoms with Crippen LogP contribution < -0.4 is 10.6 Å². The number of rotatable bonds is 2. The van der Waals surface area contributed by atoms with E-state index in [0.29, 0.717) is 10.8 Å². The first-order chi connectivity index (χ1) is 9.04. The maximum absolute atomic E-state index is 13.0. The molecule has 0 aliphatic rings. The summed E-state index contributed by atoms with van der Waals surface area (Å²) in [7, 11) is 0. The minimum Gasteiger partial charge on any atom is -0.332 e. The van der Waals surface area contributed by atoms with E-state index in [9.17, 15) is 4.39 Å². The lowest BCUT2D eigenvalue weighted by Gasteiger charge is -2.11. The van der Waals surface area contributed by atoms with Gasteiger partial charge < -0.3 is 10.6 Å². The van der Waals surface area contributed by atoms with Crippen molar-refractivity contribution in [1.82, 2.24) is 0 Å². The Morgan fingerprint density at radius 2 is 1.63 bits per heavy atom. The fourth-order valence-electron chi connectivity index (χ4n) is 1.68. The molecule has 0 aliphatic carbocycles. The Balaban J connectivity index is 2.03. The summed E-state index contributed by atoms with van der Waals surface area (Å²) in [6.07, 6.45) is 0. The zero-order valence-corrected chi connectivity index (χ0v) is 11.6. The molecule has 0 bridgehead atoms. The van der Waals surface area contributed by atoms with Crippen LogP contribution in [0.2, 0.25) is 0 Å². The number of anilines is 2. The molecule has 4 heteroatoms. The van der Waals surface area contributed by atoms with Crippen molar-refractivity contribution < 1.29 is 4.39 Å². The van der Waals surface area contributed by atoms with Gasteiger partial charge in [0.1, 0.15) is 5.82 Å². The van der Waals surface area contributed by atoms with E-state index in [2.05, 4.69) is 17.6 Å². The first-order valence-corrected chi connectivity index (χ1v) is 6.36. The zero-order chi connectivity index (χ0) is 13.8. The summed E-state index contributed by atoms with van der Waals surface area (Å²) in [5.74, 6) is -0.293. The molecule has 0 atom stereocenters. The van der Waals surface area contributed by atoms with Crippen LogP contribution in [-0.4, -0.2) is 5.11 Å². The van der Waals surface area contributed by atoms with Crippen LogP contribution in [0.3, 0.4) is 0 Å². The number of hydrogen-bond donors (Lipinski definition) is 2. The van der Waals surface area contributed by atoms with Crippen molar-refractivity contribution in [2.75, 3.05) is 10.6 Å². The Bertz CT molecular complexity index is 611. The van der Waals surface area contributed by atoms with Gasteiger partial charge in [-0.3, -0.25) is 0 Å². The van der Waals surface area contributed by atoms with Crippen molar-refractivity contribution >= 4 is 28.7 Å². The summed E-state index contributed by atoms with van der Waals surface area (Å²) in [4.78, 5) is 0. The van der Waals surface area contributed by atoms with Gasteiger partial charge in [-0.05, 0) is 67.5 Å². The summed E-state index contributed by atoms with van der Waals surface area (Å²) in [5, 5.41) is 6.46. The number of aryl methyl sites for hydroxylation is 2. The van der Waals surface area contributed by atoms with Gasteiger partial charge in [0.2, 0.25) is 0 Å². The van der Waals surface area contributed by atoms with E-state index in [0.717, 1.165) is 5.69 Å². The van der Waals surface area contributed by atoms with Crippen LogP contribution in [0.4, 0.5) is 15.8 Å². The van der Waals surface area contributed by atoms with Gasteiger partial charge in [0, 0.05) is 11.4 Å². The smallest absolute Gasteiger partial charge is 0.175 e. The van der Waals surface area contributed by atoms with E-state index >= 15 is 0 Å². The van der Waals surface area contributed by atoms with Gasteiger partial charge in [-0.25, -0.2) is 4.39 Å². The van der Waals surface area contributed by atoms with Gasteiger partial charge in [-0.15, -0.1) is 0 Å². The predicted octanol–water partition coefficient (Wildman–Crippen LogP) is 4.25. The molecule has 0 saturated carbocycles. The molecule has 2 N–H and O–H groups in total. The Labute approximate surface area is 117 Å². The van der Waals surface area contributed by atoms with Gasteiger partial charge in [0.05, 0.1) is 0 Å². The summed E-state index contributed by atoms with van der Waals surface area (Å²) in [6.45, 7) is 4.10. The SMILES string of the molecule is Cc1ccc(NC(=S)Nc2cccc(F)c2)cc1C. The molecule has 19 heavy (non-hydrogen) atoms. The highest BCUT2D eigenvalue weighted by Gasteiger charge is 2.01. The normalized spacial score (nSPS) is 10.1. The molecule has 2 aromatic rings. The van der Waals surface area contributed by atoms with Crippen LogP contribution in [0, 0.1) is 19.7 Å². The second-order valence-corrected chi connectivity index (χ2v) is 4.80. The van der Waals surface area contributed by atoms with Crippen molar-refractivity contribution in [3.63, 3.8) is 0 Å². The molecule has 2 nitrogen and oxygen atoms in total. The predicted molar refractivity (Wildman–Crippen MR) is 82.2 cm³/mol. The molecule has 0 aliphatic heterocycles. The van der Waals surface area contributed by atoms with Crippen LogP contribution in [-0.2, 0) is 0 Å². The molecule has 0 fully saturated rings. The Hall–Kier alpha value is -1.94. The van der Waals surface area contributed by atoms with Crippen LogP contribution in [0.25, 0.3) is 0 Å². The first kappa shape index (κ1) is 13.5. The third kappa shape index (κ3) is 3.76. The summed E-state index contributed by atoms with van der Waals surface area (Å²) >= 11 is 5.19. The van der Waals surface area contributed by atoms with E-state index in [1.807, 2.05) is 25.1 Å². The molecule has 0 spiro atoms. The second kappa shape index (κ2) is 5.80. The molecule has 0 aromatic heterocycles. The number of thiocarbonyl (C=S) groups is 1. The van der Waals surface area contributed by atoms with Crippen molar-refractivity contribution in [1.29, 1.82) is 0 Å². The van der Waals surface area contributed by atoms with Crippen LogP contribution in [0.1, 0.15) is 11.1 Å².